The van der Waals surface area contributed by atoms with E-state index in [1.165, 1.54) is 12.1 Å². The molecular formula is C24H26FNO3. The largest absolute Gasteiger partial charge is 0.481 e. The Labute approximate surface area is 169 Å². The monoisotopic (exact) mass is 395 g/mol. The van der Waals surface area contributed by atoms with Crippen LogP contribution in [0.4, 0.5) is 4.39 Å². The standard InChI is InChI=1S/C24H26FNO3/c1-16(2)26-21-9-6-4-8-20(21)24(17-11-13-18(25)14-12-17)22(26)10-5-3-7-19(27)15-23(28)29/h4-6,8-14,16,19,27H,3,7,15H2,1-2H3,(H,28,29)/b10-5+. The minimum Gasteiger partial charge on any atom is -0.481 e. The average molecular weight is 395 g/mol. The molecule has 0 bridgehead atoms. The predicted octanol–water partition coefficient (Wildman–Crippen LogP) is 5.66. The van der Waals surface area contributed by atoms with E-state index in [0.29, 0.717) is 12.8 Å². The molecule has 1 atom stereocenters. The van der Waals surface area contributed by atoms with E-state index in [4.69, 9.17) is 5.11 Å². The maximum atomic E-state index is 13.5. The molecule has 1 unspecified atom stereocenters. The highest BCUT2D eigenvalue weighted by Gasteiger charge is 2.18. The van der Waals surface area contributed by atoms with E-state index >= 15 is 0 Å². The highest BCUT2D eigenvalue weighted by molar-refractivity contribution is 6.01. The SMILES string of the molecule is CC(C)n1c(/C=C/CCC(O)CC(=O)O)c(-c2ccc(F)cc2)c2ccccc21. The molecule has 5 heteroatoms. The van der Waals surface area contributed by atoms with E-state index in [2.05, 4.69) is 30.5 Å². The topological polar surface area (TPSA) is 62.5 Å². The number of halogens is 1. The molecule has 1 aromatic heterocycles. The molecule has 0 saturated carbocycles. The summed E-state index contributed by atoms with van der Waals surface area (Å²) in [5.74, 6) is -1.27. The van der Waals surface area contributed by atoms with Crippen LogP contribution in [0.5, 0.6) is 0 Å². The number of carboxylic acid groups (broad SMARTS) is 1. The fourth-order valence-corrected chi connectivity index (χ4v) is 3.71. The van der Waals surface area contributed by atoms with Crippen molar-refractivity contribution in [3.63, 3.8) is 0 Å². The number of aliphatic hydroxyl groups is 1. The van der Waals surface area contributed by atoms with E-state index in [1.807, 2.05) is 24.3 Å². The van der Waals surface area contributed by atoms with Gasteiger partial charge in [0.25, 0.3) is 0 Å². The lowest BCUT2D eigenvalue weighted by Crippen LogP contribution is -2.12. The van der Waals surface area contributed by atoms with Gasteiger partial charge < -0.3 is 14.8 Å². The van der Waals surface area contributed by atoms with Gasteiger partial charge in [-0.25, -0.2) is 4.39 Å². The Kier molecular flexibility index (Phi) is 6.49. The lowest BCUT2D eigenvalue weighted by molar-refractivity contribution is -0.139. The first-order valence-electron chi connectivity index (χ1n) is 9.83. The molecule has 4 nitrogen and oxygen atoms in total. The molecule has 3 aromatic rings. The number of fused-ring (bicyclic) bond motifs is 1. The highest BCUT2D eigenvalue weighted by Crippen LogP contribution is 2.37. The van der Waals surface area contributed by atoms with E-state index in [1.54, 1.807) is 12.1 Å². The fraction of sp³-hybridized carbons (Fsp3) is 0.292. The molecule has 29 heavy (non-hydrogen) atoms. The second kappa shape index (κ2) is 9.05. The Morgan fingerprint density at radius 3 is 2.48 bits per heavy atom. The second-order valence-corrected chi connectivity index (χ2v) is 7.48. The van der Waals surface area contributed by atoms with Crippen LogP contribution in [0.15, 0.2) is 54.6 Å². The highest BCUT2D eigenvalue weighted by atomic mass is 19.1. The molecule has 2 N–H and O–H groups in total. The molecular weight excluding hydrogens is 369 g/mol. The third kappa shape index (κ3) is 4.74. The number of hydrogen-bond donors (Lipinski definition) is 2. The van der Waals surface area contributed by atoms with Gasteiger partial charge in [0.15, 0.2) is 0 Å². The molecule has 0 aliphatic heterocycles. The second-order valence-electron chi connectivity index (χ2n) is 7.48. The Morgan fingerprint density at radius 1 is 1.14 bits per heavy atom. The van der Waals surface area contributed by atoms with Gasteiger partial charge in [-0.2, -0.15) is 0 Å². The number of rotatable bonds is 8. The van der Waals surface area contributed by atoms with Crippen LogP contribution in [0.25, 0.3) is 28.1 Å². The summed E-state index contributed by atoms with van der Waals surface area (Å²) in [6.07, 6.45) is 3.83. The first-order chi connectivity index (χ1) is 13.9. The van der Waals surface area contributed by atoms with Crippen molar-refractivity contribution in [3.05, 3.63) is 66.1 Å². The van der Waals surface area contributed by atoms with Crippen LogP contribution in [0.1, 0.15) is 44.8 Å². The minimum absolute atomic E-state index is 0.214. The van der Waals surface area contributed by atoms with Crippen molar-refractivity contribution in [1.82, 2.24) is 4.57 Å². The Hall–Kier alpha value is -2.92. The van der Waals surface area contributed by atoms with Crippen molar-refractivity contribution < 1.29 is 19.4 Å². The maximum absolute atomic E-state index is 13.5. The Balaban J connectivity index is 2.03. The molecule has 0 spiro atoms. The van der Waals surface area contributed by atoms with E-state index in [9.17, 15) is 14.3 Å². The third-order valence-corrected chi connectivity index (χ3v) is 4.95. The molecule has 0 saturated heterocycles. The fourth-order valence-electron chi connectivity index (χ4n) is 3.71. The molecule has 3 rings (SSSR count). The number of aromatic nitrogens is 1. The van der Waals surface area contributed by atoms with Crippen LogP contribution in [0.2, 0.25) is 0 Å². The smallest absolute Gasteiger partial charge is 0.305 e. The lowest BCUT2D eigenvalue weighted by atomic mass is 10.0. The minimum atomic E-state index is -1.000. The van der Waals surface area contributed by atoms with Crippen molar-refractivity contribution in [2.45, 2.75) is 45.3 Å². The van der Waals surface area contributed by atoms with Crippen molar-refractivity contribution in [1.29, 1.82) is 0 Å². The number of benzene rings is 2. The lowest BCUT2D eigenvalue weighted by Gasteiger charge is -2.14. The first kappa shape index (κ1) is 20.8. The number of nitrogens with zero attached hydrogens (tertiary/aromatic N) is 1. The molecule has 2 aromatic carbocycles. The molecule has 0 amide bonds. The normalized spacial score (nSPS) is 12.9. The number of carboxylic acids is 1. The van der Waals surface area contributed by atoms with Crippen LogP contribution < -0.4 is 0 Å². The quantitative estimate of drug-likeness (QED) is 0.517. The van der Waals surface area contributed by atoms with Gasteiger partial charge in [0.05, 0.1) is 12.5 Å². The summed E-state index contributed by atoms with van der Waals surface area (Å²) in [6, 6.07) is 14.9. The van der Waals surface area contributed by atoms with Gasteiger partial charge in [0.2, 0.25) is 0 Å². The number of aliphatic hydroxyl groups excluding tert-OH is 1. The van der Waals surface area contributed by atoms with Gasteiger partial charge in [-0.15, -0.1) is 0 Å². The summed E-state index contributed by atoms with van der Waals surface area (Å²) in [5, 5.41) is 19.6. The van der Waals surface area contributed by atoms with Gasteiger partial charge in [-0.1, -0.05) is 36.4 Å². The summed E-state index contributed by atoms with van der Waals surface area (Å²) in [4.78, 5) is 10.7. The van der Waals surface area contributed by atoms with E-state index in [-0.39, 0.29) is 18.3 Å². The zero-order chi connectivity index (χ0) is 21.0. The first-order valence-corrected chi connectivity index (χ1v) is 9.83. The van der Waals surface area contributed by atoms with E-state index in [0.717, 1.165) is 27.7 Å². The van der Waals surface area contributed by atoms with Crippen molar-refractivity contribution in [3.8, 4) is 11.1 Å². The third-order valence-electron chi connectivity index (χ3n) is 4.95. The van der Waals surface area contributed by atoms with Gasteiger partial charge >= 0.3 is 5.97 Å². The van der Waals surface area contributed by atoms with Gasteiger partial charge in [0, 0.05) is 28.2 Å². The molecule has 152 valence electrons. The maximum Gasteiger partial charge on any atom is 0.305 e. The molecule has 0 fully saturated rings. The number of hydrogen-bond acceptors (Lipinski definition) is 2. The summed E-state index contributed by atoms with van der Waals surface area (Å²) in [5.41, 5.74) is 4.09. The Morgan fingerprint density at radius 2 is 1.83 bits per heavy atom. The van der Waals surface area contributed by atoms with Crippen molar-refractivity contribution in [2.75, 3.05) is 0 Å². The summed E-state index contributed by atoms with van der Waals surface area (Å²) >= 11 is 0. The molecule has 0 aliphatic carbocycles. The van der Waals surface area contributed by atoms with Crippen molar-refractivity contribution in [2.24, 2.45) is 0 Å². The molecule has 0 aliphatic rings. The summed E-state index contributed by atoms with van der Waals surface area (Å²) in [6.45, 7) is 4.24. The van der Waals surface area contributed by atoms with Crippen LogP contribution in [-0.4, -0.2) is 26.9 Å². The van der Waals surface area contributed by atoms with Gasteiger partial charge in [-0.3, -0.25) is 4.79 Å². The average Bonchev–Trinajstić information content (AvgIpc) is 2.99. The summed E-state index contributed by atoms with van der Waals surface area (Å²) in [7, 11) is 0. The number of aliphatic carboxylic acids is 1. The number of carbonyl (C=O) groups is 1. The van der Waals surface area contributed by atoms with Gasteiger partial charge in [-0.05, 0) is 56.5 Å². The van der Waals surface area contributed by atoms with Crippen LogP contribution in [0.3, 0.4) is 0 Å². The zero-order valence-corrected chi connectivity index (χ0v) is 16.7. The van der Waals surface area contributed by atoms with Crippen molar-refractivity contribution >= 4 is 22.9 Å². The number of allylic oxidation sites excluding steroid dienone is 1. The molecule has 1 heterocycles. The Bertz CT molecular complexity index is 1020. The summed E-state index contributed by atoms with van der Waals surface area (Å²) < 4.78 is 15.7. The number of para-hydroxylation sites is 1. The van der Waals surface area contributed by atoms with Crippen LogP contribution >= 0.6 is 0 Å². The van der Waals surface area contributed by atoms with E-state index < -0.39 is 12.1 Å². The van der Waals surface area contributed by atoms with Gasteiger partial charge in [0.1, 0.15) is 5.82 Å². The van der Waals surface area contributed by atoms with Crippen LogP contribution in [-0.2, 0) is 4.79 Å². The zero-order valence-electron chi connectivity index (χ0n) is 16.7. The molecule has 0 radical (unpaired) electrons. The predicted molar refractivity (Wildman–Crippen MR) is 114 cm³/mol. The van der Waals surface area contributed by atoms with Crippen LogP contribution in [0, 0.1) is 5.82 Å².